The average molecular weight is 603 g/mol. The molecule has 228 valence electrons. The number of nitrogens with one attached hydrogen (secondary N) is 1. The van der Waals surface area contributed by atoms with Gasteiger partial charge in [-0.2, -0.15) is 0 Å². The Morgan fingerprint density at radius 2 is 1.22 bits per heavy atom. The van der Waals surface area contributed by atoms with Crippen LogP contribution < -0.4 is 5.32 Å². The Balaban J connectivity index is 1.51. The van der Waals surface area contributed by atoms with Crippen LogP contribution in [-0.2, 0) is 19.1 Å². The van der Waals surface area contributed by atoms with Crippen molar-refractivity contribution in [1.29, 1.82) is 0 Å². The number of benzene rings is 3. The Labute approximate surface area is 262 Å². The van der Waals surface area contributed by atoms with Crippen molar-refractivity contribution in [2.75, 3.05) is 13.2 Å². The number of nitro groups is 1. The smallest absolute Gasteiger partial charge is 0.337 e. The number of hydrogen-bond acceptors (Lipinski definition) is 7. The molecule has 45 heavy (non-hydrogen) atoms. The fourth-order valence-electron chi connectivity index (χ4n) is 4.82. The molecule has 8 nitrogen and oxygen atoms in total. The largest absolute Gasteiger partial charge is 0.458 e. The zero-order chi connectivity index (χ0) is 32.0. The molecule has 0 saturated heterocycles. The molecule has 1 heterocycles. The van der Waals surface area contributed by atoms with Crippen molar-refractivity contribution in [3.05, 3.63) is 171 Å². The Hall–Kier alpha value is -5.76. The van der Waals surface area contributed by atoms with Gasteiger partial charge in [-0.05, 0) is 42.7 Å². The number of dihydropyridines is 1. The topological polar surface area (TPSA) is 108 Å². The maximum atomic E-state index is 13.5. The minimum absolute atomic E-state index is 0.0137. The summed E-state index contributed by atoms with van der Waals surface area (Å²) in [5.74, 6) is -2.26. The summed E-state index contributed by atoms with van der Waals surface area (Å²) >= 11 is 0. The van der Waals surface area contributed by atoms with E-state index in [2.05, 4.69) is 5.32 Å². The number of rotatable bonds is 12. The number of carbonyl (C=O) groups is 2. The molecule has 0 aromatic heterocycles. The lowest BCUT2D eigenvalue weighted by molar-refractivity contribution is -0.384. The third-order valence-electron chi connectivity index (χ3n) is 6.91. The first-order valence-electron chi connectivity index (χ1n) is 14.4. The summed E-state index contributed by atoms with van der Waals surface area (Å²) in [5.41, 5.74) is 3.59. The van der Waals surface area contributed by atoms with E-state index in [1.54, 1.807) is 44.2 Å². The molecule has 0 atom stereocenters. The molecule has 0 fully saturated rings. The van der Waals surface area contributed by atoms with Crippen molar-refractivity contribution in [3.63, 3.8) is 0 Å². The predicted octanol–water partition coefficient (Wildman–Crippen LogP) is 7.46. The number of non-ortho nitro benzene ring substituents is 1. The highest BCUT2D eigenvalue weighted by Gasteiger charge is 2.38. The van der Waals surface area contributed by atoms with Crippen LogP contribution in [-0.4, -0.2) is 30.1 Å². The van der Waals surface area contributed by atoms with Crippen molar-refractivity contribution in [3.8, 4) is 0 Å². The molecule has 4 rings (SSSR count). The molecular weight excluding hydrogens is 568 g/mol. The van der Waals surface area contributed by atoms with Gasteiger partial charge >= 0.3 is 11.9 Å². The molecule has 0 amide bonds. The van der Waals surface area contributed by atoms with Gasteiger partial charge in [0.15, 0.2) is 0 Å². The van der Waals surface area contributed by atoms with Gasteiger partial charge < -0.3 is 14.8 Å². The lowest BCUT2D eigenvalue weighted by Crippen LogP contribution is -2.32. The molecule has 8 heteroatoms. The number of hydrogen-bond donors (Lipinski definition) is 1. The molecule has 3 aromatic carbocycles. The molecule has 0 unspecified atom stereocenters. The zero-order valence-electron chi connectivity index (χ0n) is 25.1. The fraction of sp³-hybridized carbons (Fsp3) is 0.135. The summed E-state index contributed by atoms with van der Waals surface area (Å²) in [6, 6.07) is 25.4. The molecule has 0 bridgehead atoms. The van der Waals surface area contributed by atoms with E-state index in [0.717, 1.165) is 11.1 Å². The summed E-state index contributed by atoms with van der Waals surface area (Å²) in [6.07, 6.45) is 14.5. The molecule has 0 saturated carbocycles. The molecule has 3 aromatic rings. The number of esters is 2. The molecule has 0 aliphatic carbocycles. The highest BCUT2D eigenvalue weighted by molar-refractivity contribution is 6.00. The minimum Gasteiger partial charge on any atom is -0.458 e. The van der Waals surface area contributed by atoms with E-state index < -0.39 is 22.8 Å². The Morgan fingerprint density at radius 1 is 0.733 bits per heavy atom. The minimum atomic E-state index is -0.949. The van der Waals surface area contributed by atoms with E-state index in [-0.39, 0.29) is 30.0 Å². The third-order valence-corrected chi connectivity index (χ3v) is 6.91. The SMILES string of the molecule is CC1=C(C(=O)OC/C=C\C=C\c2ccccc2)C(c2cccc([N+](=O)[O-])c2)C(C(=O)OC/C=C\C=C\c2ccccc2)=C(C)N1. The number of nitro benzene ring substituents is 1. The van der Waals surface area contributed by atoms with E-state index in [1.807, 2.05) is 85.0 Å². The summed E-state index contributed by atoms with van der Waals surface area (Å²) < 4.78 is 11.1. The molecule has 0 spiro atoms. The fourth-order valence-corrected chi connectivity index (χ4v) is 4.82. The molecule has 1 aliphatic heterocycles. The maximum absolute atomic E-state index is 13.5. The first kappa shape index (κ1) is 32.2. The first-order valence-corrected chi connectivity index (χ1v) is 14.4. The van der Waals surface area contributed by atoms with Crippen molar-refractivity contribution >= 4 is 29.8 Å². The average Bonchev–Trinajstić information content (AvgIpc) is 3.04. The van der Waals surface area contributed by atoms with Crippen molar-refractivity contribution in [1.82, 2.24) is 5.32 Å². The number of carbonyl (C=O) groups excluding carboxylic acids is 2. The lowest BCUT2D eigenvalue weighted by Gasteiger charge is -2.30. The highest BCUT2D eigenvalue weighted by atomic mass is 16.6. The second-order valence-corrected chi connectivity index (χ2v) is 10.1. The van der Waals surface area contributed by atoms with Crippen LogP contribution in [0.15, 0.2) is 144 Å². The van der Waals surface area contributed by atoms with Crippen LogP contribution in [0.2, 0.25) is 0 Å². The predicted molar refractivity (Wildman–Crippen MR) is 176 cm³/mol. The Morgan fingerprint density at radius 3 is 1.69 bits per heavy atom. The summed E-state index contributed by atoms with van der Waals surface area (Å²) in [7, 11) is 0. The van der Waals surface area contributed by atoms with Gasteiger partial charge in [0, 0.05) is 23.5 Å². The quantitative estimate of drug-likeness (QED) is 0.0993. The van der Waals surface area contributed by atoms with Gasteiger partial charge in [0.05, 0.1) is 22.0 Å². The monoisotopic (exact) mass is 602 g/mol. The van der Waals surface area contributed by atoms with Gasteiger partial charge in [0.1, 0.15) is 13.2 Å². The van der Waals surface area contributed by atoms with Crippen LogP contribution in [0.25, 0.3) is 12.2 Å². The Kier molecular flexibility index (Phi) is 11.6. The van der Waals surface area contributed by atoms with Crippen LogP contribution in [0, 0.1) is 10.1 Å². The highest BCUT2D eigenvalue weighted by Crippen LogP contribution is 2.40. The van der Waals surface area contributed by atoms with Crippen LogP contribution in [0.5, 0.6) is 0 Å². The van der Waals surface area contributed by atoms with Crippen LogP contribution in [0.1, 0.15) is 36.5 Å². The summed E-state index contributed by atoms with van der Waals surface area (Å²) in [4.78, 5) is 38.1. The van der Waals surface area contributed by atoms with Gasteiger partial charge in [-0.1, -0.05) is 109 Å². The third kappa shape index (κ3) is 9.11. The van der Waals surface area contributed by atoms with Crippen molar-refractivity contribution in [2.24, 2.45) is 0 Å². The normalized spacial score (nSPS) is 14.1. The van der Waals surface area contributed by atoms with E-state index in [4.69, 9.17) is 9.47 Å². The van der Waals surface area contributed by atoms with Gasteiger partial charge in [0.25, 0.3) is 5.69 Å². The number of allylic oxidation sites excluding steroid dienone is 6. The standard InChI is InChI=1S/C37H34N2O6/c1-27-33(36(40)44-24-13-5-11-20-29-16-7-3-8-17-29)35(31-22-15-23-32(26-31)39(42)43)34(28(2)38-27)37(41)45-25-14-6-12-21-30-18-9-4-10-19-30/h3-23,26,35,38H,24-25H2,1-2H3/b13-5-,14-6-,20-11+,21-12+. The summed E-state index contributed by atoms with van der Waals surface area (Å²) in [5, 5.41) is 14.7. The number of nitrogens with zero attached hydrogens (tertiary/aromatic N) is 1. The van der Waals surface area contributed by atoms with Crippen molar-refractivity contribution in [2.45, 2.75) is 19.8 Å². The van der Waals surface area contributed by atoms with Crippen LogP contribution in [0.3, 0.4) is 0 Å². The van der Waals surface area contributed by atoms with Gasteiger partial charge in [-0.3, -0.25) is 10.1 Å². The van der Waals surface area contributed by atoms with Gasteiger partial charge in [0.2, 0.25) is 0 Å². The van der Waals surface area contributed by atoms with Crippen LogP contribution >= 0.6 is 0 Å². The molecule has 1 aliphatic rings. The van der Waals surface area contributed by atoms with E-state index in [0.29, 0.717) is 17.0 Å². The van der Waals surface area contributed by atoms with E-state index in [1.165, 1.54) is 18.2 Å². The van der Waals surface area contributed by atoms with Crippen LogP contribution in [0.4, 0.5) is 5.69 Å². The second-order valence-electron chi connectivity index (χ2n) is 10.1. The maximum Gasteiger partial charge on any atom is 0.337 e. The van der Waals surface area contributed by atoms with Gasteiger partial charge in [-0.25, -0.2) is 9.59 Å². The van der Waals surface area contributed by atoms with E-state index >= 15 is 0 Å². The second kappa shape index (κ2) is 16.2. The van der Waals surface area contributed by atoms with Gasteiger partial charge in [-0.15, -0.1) is 0 Å². The summed E-state index contributed by atoms with van der Waals surface area (Å²) in [6.45, 7) is 3.37. The molecule has 0 radical (unpaired) electrons. The lowest BCUT2D eigenvalue weighted by atomic mass is 9.80. The number of ether oxygens (including phenoxy) is 2. The Bertz CT molecular complexity index is 1600. The first-order chi connectivity index (χ1) is 21.8. The van der Waals surface area contributed by atoms with E-state index in [9.17, 15) is 19.7 Å². The zero-order valence-corrected chi connectivity index (χ0v) is 25.1. The van der Waals surface area contributed by atoms with Crippen molar-refractivity contribution < 1.29 is 24.0 Å². The molecule has 1 N–H and O–H groups in total. The molecular formula is C37H34N2O6.